The van der Waals surface area contributed by atoms with Crippen LogP contribution in [-0.2, 0) is 11.8 Å². The first kappa shape index (κ1) is 18.4. The molecular formula is C21H25N5O2. The maximum Gasteiger partial charge on any atom is 0.263 e. The van der Waals surface area contributed by atoms with Gasteiger partial charge in [0.05, 0.1) is 5.69 Å². The molecule has 0 spiro atoms. The first-order valence-electron chi connectivity index (χ1n) is 9.68. The summed E-state index contributed by atoms with van der Waals surface area (Å²) in [5, 5.41) is 4.65. The summed E-state index contributed by atoms with van der Waals surface area (Å²) in [4.78, 5) is 23.7. The number of ether oxygens (including phenoxy) is 1. The molecule has 0 N–H and O–H groups in total. The fourth-order valence-corrected chi connectivity index (χ4v) is 3.81. The number of nitrogens with zero attached hydrogens (tertiary/aromatic N) is 5. The van der Waals surface area contributed by atoms with Gasteiger partial charge in [-0.2, -0.15) is 5.10 Å². The van der Waals surface area contributed by atoms with Crippen LogP contribution in [0.4, 0.5) is 0 Å². The van der Waals surface area contributed by atoms with Gasteiger partial charge in [0.2, 0.25) is 0 Å². The number of rotatable bonds is 4. The topological polar surface area (TPSA) is 73.1 Å². The third-order valence-corrected chi connectivity index (χ3v) is 5.29. The number of aromatic nitrogens is 4. The van der Waals surface area contributed by atoms with Gasteiger partial charge in [-0.25, -0.2) is 14.6 Å². The molecule has 7 nitrogen and oxygen atoms in total. The Bertz CT molecular complexity index is 982. The van der Waals surface area contributed by atoms with Crippen molar-refractivity contribution in [1.82, 2.24) is 24.6 Å². The van der Waals surface area contributed by atoms with Crippen LogP contribution in [-0.4, -0.2) is 49.7 Å². The van der Waals surface area contributed by atoms with Gasteiger partial charge in [0.15, 0.2) is 11.8 Å². The lowest BCUT2D eigenvalue weighted by atomic mass is 9.94. The van der Waals surface area contributed by atoms with Gasteiger partial charge >= 0.3 is 0 Å². The van der Waals surface area contributed by atoms with Crippen molar-refractivity contribution in [3.63, 3.8) is 0 Å². The Morgan fingerprint density at radius 3 is 2.75 bits per heavy atom. The van der Waals surface area contributed by atoms with Gasteiger partial charge in [-0.3, -0.25) is 4.79 Å². The van der Waals surface area contributed by atoms with E-state index < -0.39 is 6.10 Å². The SMILES string of the molecule is Cc1ccc(OC(C)C(=O)N2CCCC(c3nn(C)c4nccnc34)C2)cc1. The van der Waals surface area contributed by atoms with Crippen molar-refractivity contribution < 1.29 is 9.53 Å². The molecule has 28 heavy (non-hydrogen) atoms. The number of amides is 1. The molecule has 7 heteroatoms. The molecule has 1 aromatic carbocycles. The number of hydrogen-bond donors (Lipinski definition) is 0. The smallest absolute Gasteiger partial charge is 0.263 e. The molecule has 1 amide bonds. The molecule has 0 radical (unpaired) electrons. The zero-order valence-corrected chi connectivity index (χ0v) is 16.5. The van der Waals surface area contributed by atoms with Crippen molar-refractivity contribution in [3.8, 4) is 5.75 Å². The second-order valence-electron chi connectivity index (χ2n) is 7.43. The van der Waals surface area contributed by atoms with Crippen molar-refractivity contribution in [3.05, 3.63) is 47.9 Å². The van der Waals surface area contributed by atoms with E-state index in [1.54, 1.807) is 17.1 Å². The lowest BCUT2D eigenvalue weighted by molar-refractivity contribution is -0.139. The van der Waals surface area contributed by atoms with E-state index in [0.717, 1.165) is 41.8 Å². The molecule has 2 atom stereocenters. The van der Waals surface area contributed by atoms with Crippen molar-refractivity contribution in [2.45, 2.75) is 38.7 Å². The van der Waals surface area contributed by atoms with Crippen LogP contribution in [0.2, 0.25) is 0 Å². The Morgan fingerprint density at radius 1 is 1.21 bits per heavy atom. The van der Waals surface area contributed by atoms with Crippen molar-refractivity contribution in [1.29, 1.82) is 0 Å². The maximum absolute atomic E-state index is 13.0. The van der Waals surface area contributed by atoms with Crippen LogP contribution in [0.3, 0.4) is 0 Å². The van der Waals surface area contributed by atoms with Gasteiger partial charge in [0.25, 0.3) is 5.91 Å². The summed E-state index contributed by atoms with van der Waals surface area (Å²) in [5.74, 6) is 0.882. The van der Waals surface area contributed by atoms with E-state index in [1.165, 1.54) is 0 Å². The van der Waals surface area contributed by atoms with Gasteiger partial charge in [-0.05, 0) is 38.8 Å². The molecule has 2 unspecified atom stereocenters. The van der Waals surface area contributed by atoms with Gasteiger partial charge in [0.1, 0.15) is 11.3 Å². The lowest BCUT2D eigenvalue weighted by Gasteiger charge is -2.33. The highest BCUT2D eigenvalue weighted by molar-refractivity contribution is 5.81. The first-order valence-corrected chi connectivity index (χ1v) is 9.68. The Balaban J connectivity index is 1.48. The summed E-state index contributed by atoms with van der Waals surface area (Å²) in [7, 11) is 1.88. The number of carbonyl (C=O) groups is 1. The summed E-state index contributed by atoms with van der Waals surface area (Å²) >= 11 is 0. The number of piperidine rings is 1. The normalized spacial score (nSPS) is 18.2. The molecule has 0 saturated carbocycles. The van der Waals surface area contributed by atoms with Crippen LogP contribution in [0.1, 0.15) is 36.9 Å². The van der Waals surface area contributed by atoms with E-state index in [2.05, 4.69) is 15.1 Å². The van der Waals surface area contributed by atoms with Crippen LogP contribution in [0.25, 0.3) is 11.2 Å². The quantitative estimate of drug-likeness (QED) is 0.697. The van der Waals surface area contributed by atoms with Gasteiger partial charge < -0.3 is 9.64 Å². The molecule has 0 aliphatic carbocycles. The number of carbonyl (C=O) groups excluding carboxylic acids is 1. The third kappa shape index (κ3) is 3.56. The molecule has 1 aliphatic heterocycles. The van der Waals surface area contributed by atoms with Crippen LogP contribution >= 0.6 is 0 Å². The zero-order chi connectivity index (χ0) is 19.7. The number of benzene rings is 1. The standard InChI is InChI=1S/C21H25N5O2/c1-14-6-8-17(9-7-14)28-15(2)21(27)26-12-4-5-16(13-26)18-19-20(25(3)24-18)23-11-10-22-19/h6-11,15-16H,4-5,12-13H2,1-3H3. The summed E-state index contributed by atoms with van der Waals surface area (Å²) in [5.41, 5.74) is 3.69. The van der Waals surface area contributed by atoms with E-state index in [1.807, 2.05) is 50.1 Å². The summed E-state index contributed by atoms with van der Waals surface area (Å²) in [6.07, 6.45) is 4.76. The van der Waals surface area contributed by atoms with Gasteiger partial charge in [-0.1, -0.05) is 17.7 Å². The third-order valence-electron chi connectivity index (χ3n) is 5.29. The average molecular weight is 379 g/mol. The fourth-order valence-electron chi connectivity index (χ4n) is 3.81. The van der Waals surface area contributed by atoms with Crippen molar-refractivity contribution in [2.24, 2.45) is 7.05 Å². The Morgan fingerprint density at radius 2 is 1.96 bits per heavy atom. The highest BCUT2D eigenvalue weighted by atomic mass is 16.5. The zero-order valence-electron chi connectivity index (χ0n) is 16.5. The highest BCUT2D eigenvalue weighted by Gasteiger charge is 2.31. The van der Waals surface area contributed by atoms with Gasteiger partial charge in [-0.15, -0.1) is 0 Å². The lowest BCUT2D eigenvalue weighted by Crippen LogP contribution is -2.45. The van der Waals surface area contributed by atoms with E-state index in [9.17, 15) is 4.79 Å². The molecule has 3 heterocycles. The van der Waals surface area contributed by atoms with Crippen molar-refractivity contribution in [2.75, 3.05) is 13.1 Å². The predicted molar refractivity (Wildman–Crippen MR) is 106 cm³/mol. The van der Waals surface area contributed by atoms with E-state index in [-0.39, 0.29) is 11.8 Å². The maximum atomic E-state index is 13.0. The largest absolute Gasteiger partial charge is 0.481 e. The Labute approximate surface area is 164 Å². The highest BCUT2D eigenvalue weighted by Crippen LogP contribution is 2.30. The predicted octanol–water partition coefficient (Wildman–Crippen LogP) is 2.85. The van der Waals surface area contributed by atoms with Crippen LogP contribution in [0.15, 0.2) is 36.7 Å². The minimum Gasteiger partial charge on any atom is -0.481 e. The monoisotopic (exact) mass is 379 g/mol. The number of fused-ring (bicyclic) bond motifs is 1. The molecule has 1 fully saturated rings. The summed E-state index contributed by atoms with van der Waals surface area (Å²) in [6.45, 7) is 5.21. The fraction of sp³-hybridized carbons (Fsp3) is 0.429. The van der Waals surface area contributed by atoms with Crippen LogP contribution < -0.4 is 4.74 Å². The molecule has 2 aromatic heterocycles. The van der Waals surface area contributed by atoms with Crippen LogP contribution in [0.5, 0.6) is 5.75 Å². The first-order chi connectivity index (χ1) is 13.5. The van der Waals surface area contributed by atoms with Gasteiger partial charge in [0, 0.05) is 38.4 Å². The number of hydrogen-bond acceptors (Lipinski definition) is 5. The molecule has 146 valence electrons. The van der Waals surface area contributed by atoms with E-state index in [0.29, 0.717) is 12.3 Å². The minimum atomic E-state index is -0.526. The molecule has 0 bridgehead atoms. The van der Waals surface area contributed by atoms with E-state index >= 15 is 0 Å². The molecule has 4 rings (SSSR count). The minimum absolute atomic E-state index is 0.0107. The van der Waals surface area contributed by atoms with Crippen molar-refractivity contribution >= 4 is 17.1 Å². The summed E-state index contributed by atoms with van der Waals surface area (Å²) in [6, 6.07) is 7.76. The number of aryl methyl sites for hydroxylation is 2. The molecule has 3 aromatic rings. The second kappa shape index (κ2) is 7.58. The van der Waals surface area contributed by atoms with Crippen LogP contribution in [0, 0.1) is 6.92 Å². The average Bonchev–Trinajstić information content (AvgIpc) is 3.06. The molecular weight excluding hydrogens is 354 g/mol. The molecule has 1 saturated heterocycles. The Kier molecular flexibility index (Phi) is 4.98. The van der Waals surface area contributed by atoms with E-state index in [4.69, 9.17) is 4.74 Å². The molecule has 1 aliphatic rings. The Hall–Kier alpha value is -2.96. The number of likely N-dealkylation sites (tertiary alicyclic amines) is 1. The second-order valence-corrected chi connectivity index (χ2v) is 7.43. The summed E-state index contributed by atoms with van der Waals surface area (Å²) < 4.78 is 7.63.